The summed E-state index contributed by atoms with van der Waals surface area (Å²) in [6.07, 6.45) is 0.333. The smallest absolute Gasteiger partial charge is 0.128 e. The van der Waals surface area contributed by atoms with E-state index >= 15 is 0 Å². The van der Waals surface area contributed by atoms with Gasteiger partial charge in [0.15, 0.2) is 0 Å². The summed E-state index contributed by atoms with van der Waals surface area (Å²) in [4.78, 5) is 0. The number of quaternary nitrogens is 1. The molecule has 0 aliphatic carbocycles. The normalized spacial score (nSPS) is 28.7. The number of aliphatic hydroxyl groups excluding tert-OH is 1. The Morgan fingerprint density at radius 2 is 1.44 bits per heavy atom. The molecule has 2 aromatic rings. The summed E-state index contributed by atoms with van der Waals surface area (Å²) in [6.45, 7) is 4.17. The Morgan fingerprint density at radius 1 is 0.852 bits per heavy atom. The molecule has 0 radical (unpaired) electrons. The molecule has 3 N–H and O–H groups in total. The summed E-state index contributed by atoms with van der Waals surface area (Å²) in [5.41, 5.74) is 2.26. The standard InChI is InChI=1S/C22H27NO4/c1-15-19(24)14-18-16-6-2-4-8-20(16)26-12-10-25-11-13-27-21-9-5-3-7-17(21)22(15)23-18/h2-9,15,18-19,22-24H,10-14H2,1H3/p+1/t15-,18+,19-,22-/m0/s1. The number of hydrogen-bond donors (Lipinski definition) is 2. The highest BCUT2D eigenvalue weighted by Crippen LogP contribution is 2.37. The van der Waals surface area contributed by atoms with Crippen molar-refractivity contribution in [2.24, 2.45) is 5.92 Å². The van der Waals surface area contributed by atoms with Crippen LogP contribution < -0.4 is 14.8 Å². The predicted octanol–water partition coefficient (Wildman–Crippen LogP) is 2.22. The van der Waals surface area contributed by atoms with E-state index in [0.29, 0.717) is 32.8 Å². The van der Waals surface area contributed by atoms with Crippen LogP contribution in [0.1, 0.15) is 36.6 Å². The van der Waals surface area contributed by atoms with Crippen LogP contribution >= 0.6 is 0 Å². The molecule has 1 fully saturated rings. The van der Waals surface area contributed by atoms with Gasteiger partial charge in [0.2, 0.25) is 0 Å². The van der Waals surface area contributed by atoms with Gasteiger partial charge in [0.05, 0.1) is 30.4 Å². The number of nitrogens with two attached hydrogens (primary N) is 1. The molecule has 5 heteroatoms. The van der Waals surface area contributed by atoms with Gasteiger partial charge >= 0.3 is 0 Å². The number of benzene rings is 2. The van der Waals surface area contributed by atoms with Crippen LogP contribution in [0.3, 0.4) is 0 Å². The first-order chi connectivity index (χ1) is 13.2. The van der Waals surface area contributed by atoms with E-state index in [-0.39, 0.29) is 24.1 Å². The van der Waals surface area contributed by atoms with Crippen LogP contribution in [0.2, 0.25) is 0 Å². The molecular weight excluding hydrogens is 342 g/mol. The molecule has 0 amide bonds. The molecule has 2 aromatic carbocycles. The second-order valence-corrected chi connectivity index (χ2v) is 7.37. The third-order valence-corrected chi connectivity index (χ3v) is 5.68. The molecule has 2 aliphatic heterocycles. The van der Waals surface area contributed by atoms with Crippen molar-refractivity contribution >= 4 is 0 Å². The Kier molecular flexibility index (Phi) is 5.62. The second kappa shape index (κ2) is 8.30. The molecule has 2 bridgehead atoms. The fourth-order valence-electron chi connectivity index (χ4n) is 4.16. The third kappa shape index (κ3) is 3.95. The van der Waals surface area contributed by atoms with Crippen molar-refractivity contribution in [2.45, 2.75) is 31.5 Å². The van der Waals surface area contributed by atoms with E-state index in [1.54, 1.807) is 0 Å². The molecule has 4 rings (SSSR count). The summed E-state index contributed by atoms with van der Waals surface area (Å²) in [7, 11) is 0. The third-order valence-electron chi connectivity index (χ3n) is 5.68. The van der Waals surface area contributed by atoms with Crippen molar-refractivity contribution < 1.29 is 24.6 Å². The van der Waals surface area contributed by atoms with Crippen LogP contribution in [0.15, 0.2) is 48.5 Å². The van der Waals surface area contributed by atoms with E-state index in [2.05, 4.69) is 24.4 Å². The van der Waals surface area contributed by atoms with Gasteiger partial charge in [0.25, 0.3) is 0 Å². The number of aliphatic hydroxyl groups is 1. The lowest BCUT2D eigenvalue weighted by Crippen LogP contribution is -2.90. The fourth-order valence-corrected chi connectivity index (χ4v) is 4.16. The van der Waals surface area contributed by atoms with Gasteiger partial charge < -0.3 is 24.6 Å². The van der Waals surface area contributed by atoms with Crippen molar-refractivity contribution in [3.8, 4) is 11.5 Å². The SMILES string of the molecule is C[C@@H]1[C@@H]2[NH2+][C@H](C[C@@H]1O)c1ccccc1OCCOCCOc1ccccc12. The number of ether oxygens (including phenoxy) is 3. The van der Waals surface area contributed by atoms with E-state index in [1.165, 1.54) is 0 Å². The van der Waals surface area contributed by atoms with Gasteiger partial charge in [-0.1, -0.05) is 31.2 Å². The molecule has 0 unspecified atom stereocenters. The molecule has 0 aromatic heterocycles. The molecule has 1 saturated heterocycles. The van der Waals surface area contributed by atoms with E-state index in [9.17, 15) is 5.11 Å². The number of para-hydroxylation sites is 2. The molecule has 0 saturated carbocycles. The summed E-state index contributed by atoms with van der Waals surface area (Å²) < 4.78 is 17.6. The maximum Gasteiger partial charge on any atom is 0.128 e. The molecule has 2 aliphatic rings. The minimum Gasteiger partial charge on any atom is -0.491 e. The van der Waals surface area contributed by atoms with Crippen LogP contribution in [-0.4, -0.2) is 37.6 Å². The summed E-state index contributed by atoms with van der Waals surface area (Å²) in [5, 5.41) is 13.2. The predicted molar refractivity (Wildman–Crippen MR) is 102 cm³/mol. The van der Waals surface area contributed by atoms with Gasteiger partial charge in [-0.2, -0.15) is 0 Å². The lowest BCUT2D eigenvalue weighted by molar-refractivity contribution is -0.753. The maximum atomic E-state index is 10.8. The van der Waals surface area contributed by atoms with Gasteiger partial charge in [-0.15, -0.1) is 0 Å². The Balaban J connectivity index is 1.73. The lowest BCUT2D eigenvalue weighted by atomic mass is 9.80. The van der Waals surface area contributed by atoms with Gasteiger partial charge in [-0.3, -0.25) is 0 Å². The molecule has 0 spiro atoms. The molecule has 2 heterocycles. The van der Waals surface area contributed by atoms with E-state index in [1.807, 2.05) is 36.4 Å². The average Bonchev–Trinajstić information content (AvgIpc) is 2.69. The first kappa shape index (κ1) is 18.3. The van der Waals surface area contributed by atoms with Crippen molar-refractivity contribution in [1.82, 2.24) is 0 Å². The summed E-state index contributed by atoms with van der Waals surface area (Å²) >= 11 is 0. The van der Waals surface area contributed by atoms with Crippen LogP contribution in [0.25, 0.3) is 0 Å². The quantitative estimate of drug-likeness (QED) is 0.746. The second-order valence-electron chi connectivity index (χ2n) is 7.37. The number of fused-ring (bicyclic) bond motifs is 6. The Morgan fingerprint density at radius 3 is 2.15 bits per heavy atom. The first-order valence-corrected chi connectivity index (χ1v) is 9.78. The number of hydrogen-bond acceptors (Lipinski definition) is 4. The van der Waals surface area contributed by atoms with Gasteiger partial charge in [0.1, 0.15) is 36.8 Å². The maximum absolute atomic E-state index is 10.8. The number of piperidine rings is 1. The number of rotatable bonds is 0. The van der Waals surface area contributed by atoms with Crippen LogP contribution in [0, 0.1) is 5.92 Å². The van der Waals surface area contributed by atoms with Crippen LogP contribution in [0.5, 0.6) is 11.5 Å². The average molecular weight is 370 g/mol. The van der Waals surface area contributed by atoms with Crippen molar-refractivity contribution in [3.63, 3.8) is 0 Å². The highest BCUT2D eigenvalue weighted by molar-refractivity contribution is 5.37. The van der Waals surface area contributed by atoms with Gasteiger partial charge in [-0.05, 0) is 24.3 Å². The van der Waals surface area contributed by atoms with E-state index < -0.39 is 0 Å². The van der Waals surface area contributed by atoms with Crippen molar-refractivity contribution in [1.29, 1.82) is 0 Å². The largest absolute Gasteiger partial charge is 0.491 e. The van der Waals surface area contributed by atoms with Gasteiger partial charge in [0, 0.05) is 12.3 Å². The lowest BCUT2D eigenvalue weighted by Gasteiger charge is -2.37. The Labute approximate surface area is 160 Å². The monoisotopic (exact) mass is 370 g/mol. The Bertz CT molecular complexity index is 765. The first-order valence-electron chi connectivity index (χ1n) is 9.78. The molecular formula is C22H28NO4+. The zero-order valence-corrected chi connectivity index (χ0v) is 15.7. The van der Waals surface area contributed by atoms with E-state index in [4.69, 9.17) is 14.2 Å². The topological polar surface area (TPSA) is 64.5 Å². The zero-order chi connectivity index (χ0) is 18.6. The fraction of sp³-hybridized carbons (Fsp3) is 0.455. The van der Waals surface area contributed by atoms with Crippen LogP contribution in [0.4, 0.5) is 0 Å². The molecule has 144 valence electrons. The van der Waals surface area contributed by atoms with E-state index in [0.717, 1.165) is 22.6 Å². The highest BCUT2D eigenvalue weighted by Gasteiger charge is 2.40. The molecule has 27 heavy (non-hydrogen) atoms. The summed E-state index contributed by atoms with van der Waals surface area (Å²) in [5.74, 6) is 1.89. The van der Waals surface area contributed by atoms with Gasteiger partial charge in [-0.25, -0.2) is 0 Å². The Hall–Kier alpha value is -2.08. The van der Waals surface area contributed by atoms with Crippen molar-refractivity contribution in [3.05, 3.63) is 59.7 Å². The molecule has 5 nitrogen and oxygen atoms in total. The van der Waals surface area contributed by atoms with Crippen LogP contribution in [-0.2, 0) is 4.74 Å². The minimum absolute atomic E-state index is 0.117. The van der Waals surface area contributed by atoms with Crippen molar-refractivity contribution in [2.75, 3.05) is 26.4 Å². The minimum atomic E-state index is -0.373. The highest BCUT2D eigenvalue weighted by atomic mass is 16.5. The summed E-state index contributed by atoms with van der Waals surface area (Å²) in [6, 6.07) is 16.5. The zero-order valence-electron chi connectivity index (χ0n) is 15.7. The molecule has 4 atom stereocenters.